The monoisotopic (exact) mass is 290 g/mol. The van der Waals surface area contributed by atoms with E-state index in [2.05, 4.69) is 23.2 Å². The van der Waals surface area contributed by atoms with Crippen molar-refractivity contribution in [2.45, 2.75) is 45.6 Å². The number of nitrogens with zero attached hydrogens (tertiary/aromatic N) is 2. The molecule has 3 N–H and O–H groups in total. The van der Waals surface area contributed by atoms with Crippen LogP contribution in [0.25, 0.3) is 0 Å². The van der Waals surface area contributed by atoms with Crippen LogP contribution >= 0.6 is 0 Å². The van der Waals surface area contributed by atoms with Crippen molar-refractivity contribution >= 4 is 11.7 Å². The summed E-state index contributed by atoms with van der Waals surface area (Å²) in [5.74, 6) is 0.898. The molecule has 0 spiro atoms. The van der Waals surface area contributed by atoms with Gasteiger partial charge < -0.3 is 16.0 Å². The van der Waals surface area contributed by atoms with E-state index in [-0.39, 0.29) is 5.91 Å². The molecule has 116 valence electrons. The normalized spacial score (nSPS) is 13.7. The van der Waals surface area contributed by atoms with Gasteiger partial charge in [-0.3, -0.25) is 4.79 Å². The van der Waals surface area contributed by atoms with Gasteiger partial charge in [0, 0.05) is 31.4 Å². The molecule has 2 rings (SSSR count). The molecule has 5 nitrogen and oxygen atoms in total. The van der Waals surface area contributed by atoms with E-state index in [1.54, 1.807) is 7.05 Å². The van der Waals surface area contributed by atoms with Crippen LogP contribution in [-0.4, -0.2) is 31.0 Å². The van der Waals surface area contributed by atoms with Crippen LogP contribution in [-0.2, 0) is 24.2 Å². The molecular formula is C16H26N4O. The number of amides is 1. The number of nitrogens with two attached hydrogens (primary N) is 1. The molecule has 5 heteroatoms. The Balaban J connectivity index is 2.35. The van der Waals surface area contributed by atoms with Gasteiger partial charge in [-0.25, -0.2) is 4.98 Å². The minimum atomic E-state index is 0.00550. The second-order valence-corrected chi connectivity index (χ2v) is 5.58. The van der Waals surface area contributed by atoms with Crippen LogP contribution in [0.15, 0.2) is 6.07 Å². The van der Waals surface area contributed by atoms with Crippen molar-refractivity contribution in [1.29, 1.82) is 0 Å². The van der Waals surface area contributed by atoms with Crippen LogP contribution in [0, 0.1) is 0 Å². The van der Waals surface area contributed by atoms with Crippen LogP contribution in [0.2, 0.25) is 0 Å². The summed E-state index contributed by atoms with van der Waals surface area (Å²) in [4.78, 5) is 18.7. The highest BCUT2D eigenvalue weighted by atomic mass is 16.1. The van der Waals surface area contributed by atoms with Gasteiger partial charge in [0.05, 0.1) is 6.54 Å². The minimum absolute atomic E-state index is 0.00550. The predicted octanol–water partition coefficient (Wildman–Crippen LogP) is 1.38. The minimum Gasteiger partial charge on any atom is -0.358 e. The largest absolute Gasteiger partial charge is 0.358 e. The number of nitrogens with one attached hydrogen (secondary N) is 1. The quantitative estimate of drug-likeness (QED) is 0.830. The van der Waals surface area contributed by atoms with Crippen LogP contribution in [0.1, 0.15) is 43.0 Å². The molecule has 0 saturated carbocycles. The zero-order valence-electron chi connectivity index (χ0n) is 13.1. The lowest BCUT2D eigenvalue weighted by molar-refractivity contribution is -0.119. The Morgan fingerprint density at radius 3 is 2.86 bits per heavy atom. The lowest BCUT2D eigenvalue weighted by Crippen LogP contribution is -2.37. The third-order valence-corrected chi connectivity index (χ3v) is 3.98. The molecule has 21 heavy (non-hydrogen) atoms. The summed E-state index contributed by atoms with van der Waals surface area (Å²) in [6.07, 6.45) is 5.53. The first kappa shape index (κ1) is 15.8. The first-order valence-corrected chi connectivity index (χ1v) is 7.86. The Hall–Kier alpha value is -1.62. The number of aryl methyl sites for hydroxylation is 2. The SMILES string of the molecule is CCCN(CC(=O)NC)c1nc2c(cc1CN)CCCC2. The highest BCUT2D eigenvalue weighted by Crippen LogP contribution is 2.26. The molecule has 0 fully saturated rings. The van der Waals surface area contributed by atoms with Crippen molar-refractivity contribution in [3.8, 4) is 0 Å². The van der Waals surface area contributed by atoms with Crippen molar-refractivity contribution < 1.29 is 4.79 Å². The Bertz CT molecular complexity index is 501. The number of carbonyl (C=O) groups is 1. The van der Waals surface area contributed by atoms with Crippen molar-refractivity contribution in [3.63, 3.8) is 0 Å². The average Bonchev–Trinajstić information content (AvgIpc) is 2.52. The number of hydrogen-bond donors (Lipinski definition) is 2. The standard InChI is InChI=1S/C16H26N4O/c1-3-8-20(11-15(21)18-2)16-13(10-17)9-12-6-4-5-7-14(12)19-16/h9H,3-8,10-11,17H2,1-2H3,(H,18,21). The number of anilines is 1. The second kappa shape index (κ2) is 7.41. The van der Waals surface area contributed by atoms with Crippen molar-refractivity contribution in [2.24, 2.45) is 5.73 Å². The average molecular weight is 290 g/mol. The van der Waals surface area contributed by atoms with E-state index < -0.39 is 0 Å². The summed E-state index contributed by atoms with van der Waals surface area (Å²) in [5, 5.41) is 2.68. The van der Waals surface area contributed by atoms with Crippen molar-refractivity contribution in [2.75, 3.05) is 25.0 Å². The molecule has 1 aliphatic carbocycles. The Morgan fingerprint density at radius 2 is 2.19 bits per heavy atom. The van der Waals surface area contributed by atoms with E-state index in [0.717, 1.165) is 37.2 Å². The summed E-state index contributed by atoms with van der Waals surface area (Å²) in [5.41, 5.74) is 9.48. The van der Waals surface area contributed by atoms with Gasteiger partial charge in [-0.05, 0) is 43.7 Å². The fourth-order valence-corrected chi connectivity index (χ4v) is 2.88. The van der Waals surface area contributed by atoms with Gasteiger partial charge in [-0.15, -0.1) is 0 Å². The second-order valence-electron chi connectivity index (χ2n) is 5.58. The number of pyridine rings is 1. The van der Waals surface area contributed by atoms with Crippen LogP contribution in [0.3, 0.4) is 0 Å². The lowest BCUT2D eigenvalue weighted by atomic mass is 9.94. The van der Waals surface area contributed by atoms with E-state index in [0.29, 0.717) is 13.1 Å². The predicted molar refractivity (Wildman–Crippen MR) is 85.3 cm³/mol. The van der Waals surface area contributed by atoms with Crippen LogP contribution < -0.4 is 16.0 Å². The molecule has 1 amide bonds. The zero-order valence-corrected chi connectivity index (χ0v) is 13.1. The van der Waals surface area contributed by atoms with E-state index in [4.69, 9.17) is 10.7 Å². The van der Waals surface area contributed by atoms with Gasteiger partial charge >= 0.3 is 0 Å². The molecule has 1 aliphatic rings. The molecule has 0 unspecified atom stereocenters. The van der Waals surface area contributed by atoms with Crippen molar-refractivity contribution in [3.05, 3.63) is 22.9 Å². The number of aromatic nitrogens is 1. The molecule has 0 radical (unpaired) electrons. The molecule has 1 aromatic heterocycles. The Kier molecular flexibility index (Phi) is 5.56. The van der Waals surface area contributed by atoms with Crippen LogP contribution in [0.4, 0.5) is 5.82 Å². The first-order valence-electron chi connectivity index (χ1n) is 7.86. The highest BCUT2D eigenvalue weighted by Gasteiger charge is 2.19. The van der Waals surface area contributed by atoms with E-state index in [1.165, 1.54) is 24.1 Å². The fraction of sp³-hybridized carbons (Fsp3) is 0.625. The van der Waals surface area contributed by atoms with Crippen LogP contribution in [0.5, 0.6) is 0 Å². The van der Waals surface area contributed by atoms with Gasteiger partial charge in [0.25, 0.3) is 0 Å². The third-order valence-electron chi connectivity index (χ3n) is 3.98. The van der Waals surface area contributed by atoms with Gasteiger partial charge in [-0.2, -0.15) is 0 Å². The number of fused-ring (bicyclic) bond motifs is 1. The van der Waals surface area contributed by atoms with Gasteiger partial charge in [-0.1, -0.05) is 6.92 Å². The zero-order chi connectivity index (χ0) is 15.2. The maximum atomic E-state index is 11.7. The third kappa shape index (κ3) is 3.73. The molecule has 0 aliphatic heterocycles. The van der Waals surface area contributed by atoms with E-state index >= 15 is 0 Å². The summed E-state index contributed by atoms with van der Waals surface area (Å²) in [6, 6.07) is 2.20. The molecule has 0 bridgehead atoms. The molecule has 1 heterocycles. The van der Waals surface area contributed by atoms with Gasteiger partial charge in [0.2, 0.25) is 5.91 Å². The maximum Gasteiger partial charge on any atom is 0.239 e. The van der Waals surface area contributed by atoms with E-state index in [9.17, 15) is 4.79 Å². The first-order chi connectivity index (χ1) is 10.2. The fourth-order valence-electron chi connectivity index (χ4n) is 2.88. The molecule has 1 aromatic rings. The maximum absolute atomic E-state index is 11.7. The highest BCUT2D eigenvalue weighted by molar-refractivity contribution is 5.81. The summed E-state index contributed by atoms with van der Waals surface area (Å²) >= 11 is 0. The number of likely N-dealkylation sites (N-methyl/N-ethyl adjacent to an activating group) is 1. The lowest BCUT2D eigenvalue weighted by Gasteiger charge is -2.27. The van der Waals surface area contributed by atoms with Gasteiger partial charge in [0.15, 0.2) is 0 Å². The molecule has 0 aromatic carbocycles. The summed E-state index contributed by atoms with van der Waals surface area (Å²) in [7, 11) is 1.66. The smallest absolute Gasteiger partial charge is 0.239 e. The van der Waals surface area contributed by atoms with Crippen molar-refractivity contribution in [1.82, 2.24) is 10.3 Å². The Morgan fingerprint density at radius 1 is 1.43 bits per heavy atom. The summed E-state index contributed by atoms with van der Waals surface area (Å²) < 4.78 is 0. The number of rotatable bonds is 6. The number of hydrogen-bond acceptors (Lipinski definition) is 4. The van der Waals surface area contributed by atoms with Gasteiger partial charge in [0.1, 0.15) is 5.82 Å². The molecular weight excluding hydrogens is 264 g/mol. The summed E-state index contributed by atoms with van der Waals surface area (Å²) in [6.45, 7) is 3.72. The number of carbonyl (C=O) groups excluding carboxylic acids is 1. The van der Waals surface area contributed by atoms with E-state index in [1.807, 2.05) is 0 Å². The molecule has 0 saturated heterocycles. The Labute approximate surface area is 126 Å². The topological polar surface area (TPSA) is 71.2 Å². The molecule has 0 atom stereocenters.